The molecule has 2 heteroatoms. The van der Waals surface area contributed by atoms with Crippen LogP contribution in [0, 0.1) is 67.0 Å². The van der Waals surface area contributed by atoms with Crippen LogP contribution in [0.2, 0.25) is 0 Å². The Morgan fingerprint density at radius 3 is 1.02 bits per heavy atom. The van der Waals surface area contributed by atoms with Gasteiger partial charge in [-0.25, -0.2) is 0 Å². The van der Waals surface area contributed by atoms with Gasteiger partial charge in [-0.05, 0) is 172 Å². The Hall–Kier alpha value is -8.30. The van der Waals surface area contributed by atoms with E-state index in [2.05, 4.69) is 258 Å². The highest BCUT2D eigenvalue weighted by molar-refractivity contribution is 6.20. The highest BCUT2D eigenvalue weighted by atomic mass is 16.1. The number of benzene rings is 4. The molecule has 0 amide bonds. The summed E-state index contributed by atoms with van der Waals surface area (Å²) in [6.07, 6.45) is 24.1. The van der Waals surface area contributed by atoms with E-state index < -0.39 is 21.7 Å². The maximum Gasteiger partial charge on any atom is 0.193 e. The Balaban J connectivity index is 1.19. The first-order valence-electron chi connectivity index (χ1n) is 31.8. The smallest absolute Gasteiger partial charge is 0.193 e. The Labute approximate surface area is 524 Å². The van der Waals surface area contributed by atoms with Crippen LogP contribution < -0.4 is 0 Å². The van der Waals surface area contributed by atoms with Crippen LogP contribution in [0.5, 0.6) is 0 Å². The molecule has 2 nitrogen and oxygen atoms in total. The summed E-state index contributed by atoms with van der Waals surface area (Å²) in [4.78, 5) is 32.3. The van der Waals surface area contributed by atoms with Crippen molar-refractivity contribution >= 4 is 33.1 Å². The van der Waals surface area contributed by atoms with Gasteiger partial charge in [0, 0.05) is 66.2 Å². The molecule has 440 valence electrons. The van der Waals surface area contributed by atoms with E-state index in [-0.39, 0.29) is 33.2 Å². The van der Waals surface area contributed by atoms with E-state index >= 15 is 9.59 Å². The molecule has 0 bridgehead atoms. The zero-order valence-electron chi connectivity index (χ0n) is 55.7. The van der Waals surface area contributed by atoms with E-state index in [1.807, 2.05) is 50.2 Å². The third kappa shape index (κ3) is 7.82. The first kappa shape index (κ1) is 58.7. The number of fused-ring (bicyclic) bond motifs is 2. The van der Waals surface area contributed by atoms with Gasteiger partial charge in [0.1, 0.15) is 0 Å². The first-order valence-corrected chi connectivity index (χ1v) is 31.8. The molecular formula is C86H84O2. The summed E-state index contributed by atoms with van der Waals surface area (Å²) in [5.41, 5.74) is 21.8. The lowest BCUT2D eigenvalue weighted by Gasteiger charge is -2.60. The van der Waals surface area contributed by atoms with Crippen molar-refractivity contribution in [1.82, 2.24) is 0 Å². The van der Waals surface area contributed by atoms with Gasteiger partial charge in [0.2, 0.25) is 0 Å². The van der Waals surface area contributed by atoms with E-state index in [0.29, 0.717) is 11.1 Å². The molecule has 0 saturated carbocycles. The minimum atomic E-state index is -0.763. The van der Waals surface area contributed by atoms with Gasteiger partial charge in [-0.3, -0.25) is 9.59 Å². The maximum atomic E-state index is 16.2. The van der Waals surface area contributed by atoms with Crippen LogP contribution in [0.1, 0.15) is 159 Å². The van der Waals surface area contributed by atoms with E-state index in [9.17, 15) is 0 Å². The van der Waals surface area contributed by atoms with Crippen LogP contribution in [-0.2, 0) is 0 Å². The van der Waals surface area contributed by atoms with Gasteiger partial charge in [-0.2, -0.15) is 0 Å². The van der Waals surface area contributed by atoms with Crippen LogP contribution in [0.15, 0.2) is 268 Å². The van der Waals surface area contributed by atoms with Gasteiger partial charge in [0.15, 0.2) is 11.6 Å². The zero-order valence-corrected chi connectivity index (χ0v) is 55.7. The van der Waals surface area contributed by atoms with Gasteiger partial charge in [0.25, 0.3) is 0 Å². The van der Waals surface area contributed by atoms with Crippen molar-refractivity contribution in [2.75, 3.05) is 0 Å². The molecule has 0 spiro atoms. The average Bonchev–Trinajstić information content (AvgIpc) is 0.666. The number of hydrogen-bond acceptors (Lipinski definition) is 2. The maximum absolute atomic E-state index is 16.2. The highest BCUT2D eigenvalue weighted by Crippen LogP contribution is 2.74. The standard InChI is InChI=1S/C86H84O2/c1-21-29-63-67-43-53(79(5,6)7)39-57-41-65(77(87)61-37-27-33-51-31-23-25-35-59(51)61)69-45-55(81(11,12)13)47-71(85(69,19)83(57,67)17)75(63)73-49(3)50(4)74(73)76-64(30-22-2)68-44-54(80(8,9)10)40-58-42-66(78(88)62-38-28-34-52-32-24-26-36-60(52)62)70-46-56(82(14,15)16)48-72(76)86(70,20)84(58,68)18/h23-28,31-48H,1-20H3/t83-,84-,85-,86-/m1/s1. The van der Waals surface area contributed by atoms with Gasteiger partial charge in [0.05, 0.1) is 0 Å². The van der Waals surface area contributed by atoms with E-state index in [1.165, 1.54) is 55.7 Å². The predicted octanol–water partition coefficient (Wildman–Crippen LogP) is 21.5. The molecule has 88 heavy (non-hydrogen) atoms. The van der Waals surface area contributed by atoms with Crippen LogP contribution in [-0.4, -0.2) is 11.6 Å². The fourth-order valence-corrected chi connectivity index (χ4v) is 16.3. The second-order valence-electron chi connectivity index (χ2n) is 30.9. The molecule has 0 unspecified atom stereocenters. The molecule has 0 saturated heterocycles. The number of ketones is 2. The largest absolute Gasteiger partial charge is 0.289 e. The van der Waals surface area contributed by atoms with Crippen molar-refractivity contribution in [2.45, 2.75) is 138 Å². The quantitative estimate of drug-likeness (QED) is 0.142. The molecule has 9 aliphatic rings. The van der Waals surface area contributed by atoms with Crippen molar-refractivity contribution in [1.29, 1.82) is 0 Å². The summed E-state index contributed by atoms with van der Waals surface area (Å²) in [5, 5.41) is 3.99. The molecular weight excluding hydrogens is 1060 g/mol. The minimum Gasteiger partial charge on any atom is -0.289 e. The van der Waals surface area contributed by atoms with Crippen LogP contribution >= 0.6 is 0 Å². The summed E-state index contributed by atoms with van der Waals surface area (Å²) >= 11 is 0. The van der Waals surface area contributed by atoms with Gasteiger partial charge >= 0.3 is 0 Å². The molecule has 9 aliphatic carbocycles. The lowest BCUT2D eigenvalue weighted by Crippen LogP contribution is -2.52. The third-order valence-electron chi connectivity index (χ3n) is 22.1. The monoisotopic (exact) mass is 1150 g/mol. The molecule has 4 atom stereocenters. The summed E-state index contributed by atoms with van der Waals surface area (Å²) in [5.74, 6) is 15.0. The Kier molecular flexibility index (Phi) is 12.7. The van der Waals surface area contributed by atoms with E-state index in [1.54, 1.807) is 0 Å². The fraction of sp³-hybridized carbons (Fsp3) is 0.326. The third-order valence-corrected chi connectivity index (χ3v) is 22.1. The van der Waals surface area contributed by atoms with Crippen molar-refractivity contribution in [3.8, 4) is 23.7 Å². The molecule has 0 aliphatic heterocycles. The lowest BCUT2D eigenvalue weighted by atomic mass is 9.41. The van der Waals surface area contributed by atoms with Gasteiger partial charge in [-0.1, -0.05) is 256 Å². The SMILES string of the molecule is CC#CC1=C2C=C(C(C)(C)C)C=C3C=C(C(=O)c4cccc5ccccc45)C4=CC(C(C)(C)C)=CC(=C1C1=C(C5=C6C=C(C(C)(C)C)C=C7C(C(=O)c8cccc9ccccc89)=CC8=CC(C(C)(C)C)=CC(=C5C#CC)[C@]8(C)[C@]76C)C(C)=C1C)[C@]4(C)[C@]32C. The summed E-state index contributed by atoms with van der Waals surface area (Å²) in [6, 6.07) is 28.9. The molecule has 13 rings (SSSR count). The number of rotatable bonds is 6. The summed E-state index contributed by atoms with van der Waals surface area (Å²) in [6.45, 7) is 45.9. The predicted molar refractivity (Wildman–Crippen MR) is 368 cm³/mol. The van der Waals surface area contributed by atoms with E-state index in [0.717, 1.165) is 88.4 Å². The molecule has 0 N–H and O–H groups in total. The van der Waals surface area contributed by atoms with Gasteiger partial charge in [-0.15, -0.1) is 11.8 Å². The summed E-state index contributed by atoms with van der Waals surface area (Å²) in [7, 11) is 0. The van der Waals surface area contributed by atoms with Crippen LogP contribution in [0.4, 0.5) is 0 Å². The number of Topliss-reactive ketones (excluding diaryl/α,β-unsaturated/α-hetero) is 2. The molecule has 0 aromatic heterocycles. The topological polar surface area (TPSA) is 34.1 Å². The van der Waals surface area contributed by atoms with Crippen molar-refractivity contribution in [2.24, 2.45) is 43.3 Å². The summed E-state index contributed by atoms with van der Waals surface area (Å²) < 4.78 is 0. The average molecular weight is 1150 g/mol. The number of hydrogen-bond donors (Lipinski definition) is 0. The Morgan fingerprint density at radius 2 is 0.682 bits per heavy atom. The molecule has 0 fully saturated rings. The minimum absolute atomic E-state index is 0.0289. The Morgan fingerprint density at radius 1 is 0.364 bits per heavy atom. The Bertz CT molecular complexity index is 4420. The molecule has 4 aromatic rings. The van der Waals surface area contributed by atoms with Gasteiger partial charge < -0.3 is 0 Å². The van der Waals surface area contributed by atoms with Crippen molar-refractivity contribution < 1.29 is 9.59 Å². The van der Waals surface area contributed by atoms with Crippen LogP contribution in [0.3, 0.4) is 0 Å². The van der Waals surface area contributed by atoms with Crippen LogP contribution in [0.25, 0.3) is 21.5 Å². The second-order valence-corrected chi connectivity index (χ2v) is 30.9. The number of carbonyl (C=O) groups excluding carboxylic acids is 2. The molecule has 0 heterocycles. The highest BCUT2D eigenvalue weighted by Gasteiger charge is 2.65. The molecule has 4 aromatic carbocycles. The molecule has 0 radical (unpaired) electrons. The second kappa shape index (κ2) is 19.1. The normalized spacial score (nSPS) is 25.5. The van der Waals surface area contributed by atoms with Crippen molar-refractivity contribution in [3.05, 3.63) is 279 Å². The first-order chi connectivity index (χ1) is 41.3. The van der Waals surface area contributed by atoms with E-state index in [4.69, 9.17) is 0 Å². The lowest BCUT2D eigenvalue weighted by molar-refractivity contribution is 0.102. The number of allylic oxidation sites excluding steroid dienone is 32. The number of carbonyl (C=O) groups is 2. The van der Waals surface area contributed by atoms with Crippen molar-refractivity contribution in [3.63, 3.8) is 0 Å². The zero-order chi connectivity index (χ0) is 63.1. The fourth-order valence-electron chi connectivity index (χ4n) is 16.3.